The molecular formula is C40H24N4. The highest BCUT2D eigenvalue weighted by atomic mass is 15.1. The van der Waals surface area contributed by atoms with Crippen LogP contribution in [0.5, 0.6) is 0 Å². The lowest BCUT2D eigenvalue weighted by atomic mass is 10.0. The van der Waals surface area contributed by atoms with E-state index in [-0.39, 0.29) is 0 Å². The SMILES string of the molecule is [C-]#[N+]c1ccc(-c2ccccc2-n2c3ccccc3c3c4ccccc4n(-c4ccccc4-c4ccc(C#N)cc4)c32)cc1. The van der Waals surface area contributed by atoms with E-state index in [4.69, 9.17) is 6.57 Å². The summed E-state index contributed by atoms with van der Waals surface area (Å²) in [6.45, 7) is 7.42. The van der Waals surface area contributed by atoms with E-state index >= 15 is 0 Å². The number of nitriles is 1. The Morgan fingerprint density at radius 1 is 0.523 bits per heavy atom. The van der Waals surface area contributed by atoms with Crippen LogP contribution < -0.4 is 0 Å². The van der Waals surface area contributed by atoms with E-state index in [0.29, 0.717) is 11.3 Å². The number of para-hydroxylation sites is 4. The van der Waals surface area contributed by atoms with Crippen molar-refractivity contribution < 1.29 is 0 Å². The molecule has 0 spiro atoms. The molecule has 8 rings (SSSR count). The molecule has 6 aromatic carbocycles. The second-order valence-electron chi connectivity index (χ2n) is 10.8. The van der Waals surface area contributed by atoms with Gasteiger partial charge in [0.25, 0.3) is 0 Å². The molecule has 2 heterocycles. The van der Waals surface area contributed by atoms with Gasteiger partial charge in [-0.1, -0.05) is 109 Å². The van der Waals surface area contributed by atoms with Crippen molar-refractivity contribution in [3.05, 3.63) is 163 Å². The first-order valence-electron chi connectivity index (χ1n) is 14.5. The van der Waals surface area contributed by atoms with Crippen molar-refractivity contribution >= 4 is 38.5 Å². The Morgan fingerprint density at radius 3 is 1.48 bits per heavy atom. The predicted octanol–water partition coefficient (Wildman–Crippen LogP) is 10.5. The van der Waals surface area contributed by atoms with Crippen LogP contribution in [0.25, 0.3) is 71.3 Å². The minimum atomic E-state index is 0.625. The van der Waals surface area contributed by atoms with Gasteiger partial charge in [-0.3, -0.25) is 9.13 Å². The van der Waals surface area contributed by atoms with Crippen molar-refractivity contribution in [3.8, 4) is 39.7 Å². The van der Waals surface area contributed by atoms with Crippen LogP contribution in [0.1, 0.15) is 5.56 Å². The monoisotopic (exact) mass is 560 g/mol. The summed E-state index contributed by atoms with van der Waals surface area (Å²) in [6, 6.07) is 52.1. The molecule has 0 saturated carbocycles. The van der Waals surface area contributed by atoms with Gasteiger partial charge in [0.2, 0.25) is 0 Å². The van der Waals surface area contributed by atoms with E-state index in [2.05, 4.69) is 117 Å². The topological polar surface area (TPSA) is 38.0 Å². The van der Waals surface area contributed by atoms with E-state index in [1.54, 1.807) is 0 Å². The first-order valence-corrected chi connectivity index (χ1v) is 14.5. The summed E-state index contributed by atoms with van der Waals surface area (Å²) in [5.74, 6) is 0. The van der Waals surface area contributed by atoms with Crippen molar-refractivity contribution in [2.24, 2.45) is 0 Å². The van der Waals surface area contributed by atoms with Crippen LogP contribution in [0.3, 0.4) is 0 Å². The maximum atomic E-state index is 9.41. The van der Waals surface area contributed by atoms with Crippen molar-refractivity contribution in [2.75, 3.05) is 0 Å². The zero-order valence-electron chi connectivity index (χ0n) is 23.6. The summed E-state index contributed by atoms with van der Waals surface area (Å²) in [5.41, 5.74) is 11.0. The molecule has 0 N–H and O–H groups in total. The number of aromatic nitrogens is 2. The lowest BCUT2D eigenvalue weighted by Gasteiger charge is -2.18. The van der Waals surface area contributed by atoms with E-state index < -0.39 is 0 Å². The van der Waals surface area contributed by atoms with Crippen LogP contribution in [0.4, 0.5) is 5.69 Å². The minimum absolute atomic E-state index is 0.625. The van der Waals surface area contributed by atoms with Gasteiger partial charge in [0.15, 0.2) is 5.69 Å². The zero-order valence-corrected chi connectivity index (χ0v) is 23.6. The maximum Gasteiger partial charge on any atom is 0.187 e. The van der Waals surface area contributed by atoms with Gasteiger partial charge in [0.1, 0.15) is 5.65 Å². The fraction of sp³-hybridized carbons (Fsp3) is 0. The second kappa shape index (κ2) is 10.2. The Hall–Kier alpha value is -6.36. The smallest absolute Gasteiger partial charge is 0.187 e. The molecule has 0 amide bonds. The van der Waals surface area contributed by atoms with Crippen LogP contribution in [-0.2, 0) is 0 Å². The average Bonchev–Trinajstić information content (AvgIpc) is 3.61. The van der Waals surface area contributed by atoms with Gasteiger partial charge >= 0.3 is 0 Å². The summed E-state index contributed by atoms with van der Waals surface area (Å²) in [5, 5.41) is 13.0. The lowest BCUT2D eigenvalue weighted by Crippen LogP contribution is -2.04. The fourth-order valence-corrected chi connectivity index (χ4v) is 6.45. The molecule has 2 aromatic heterocycles. The molecule has 0 fully saturated rings. The lowest BCUT2D eigenvalue weighted by molar-refractivity contribution is 1.07. The Bertz CT molecular complexity index is 2270. The van der Waals surface area contributed by atoms with Gasteiger partial charge in [0.05, 0.1) is 40.6 Å². The summed E-state index contributed by atoms with van der Waals surface area (Å²) in [6.07, 6.45) is 0. The maximum absolute atomic E-state index is 9.41. The normalized spacial score (nSPS) is 11.1. The van der Waals surface area contributed by atoms with Gasteiger partial charge < -0.3 is 0 Å². The van der Waals surface area contributed by atoms with Gasteiger partial charge in [-0.15, -0.1) is 0 Å². The summed E-state index contributed by atoms with van der Waals surface area (Å²) < 4.78 is 4.77. The van der Waals surface area contributed by atoms with Crippen molar-refractivity contribution in [1.29, 1.82) is 5.26 Å². The standard InChI is InChI=1S/C40H24N4/c1-42-30-24-22-29(23-25-30)32-11-3-7-15-36(32)44-38-17-9-5-13-34(38)39-33-12-4-8-16-37(33)43(40(39)44)35-14-6-2-10-31(35)28-20-18-27(26-41)19-21-28/h2-25H. The highest BCUT2D eigenvalue weighted by molar-refractivity contribution is 6.22. The van der Waals surface area contributed by atoms with E-state index in [0.717, 1.165) is 50.3 Å². The number of nitrogens with zero attached hydrogens (tertiary/aromatic N) is 4. The number of hydrogen-bond donors (Lipinski definition) is 0. The summed E-state index contributed by atoms with van der Waals surface area (Å²) >= 11 is 0. The quantitative estimate of drug-likeness (QED) is 0.197. The number of hydrogen-bond acceptors (Lipinski definition) is 1. The Morgan fingerprint density at radius 2 is 0.977 bits per heavy atom. The van der Waals surface area contributed by atoms with Crippen molar-refractivity contribution in [3.63, 3.8) is 0 Å². The van der Waals surface area contributed by atoms with Crippen LogP contribution in [0.2, 0.25) is 0 Å². The third-order valence-corrected chi connectivity index (χ3v) is 8.40. The molecule has 0 unspecified atom stereocenters. The third-order valence-electron chi connectivity index (χ3n) is 8.40. The molecule has 4 nitrogen and oxygen atoms in total. The highest BCUT2D eigenvalue weighted by Gasteiger charge is 2.24. The Kier molecular flexibility index (Phi) is 5.86. The Balaban J connectivity index is 1.52. The number of rotatable bonds is 4. The molecule has 44 heavy (non-hydrogen) atoms. The molecule has 0 aliphatic rings. The van der Waals surface area contributed by atoms with Gasteiger partial charge in [-0.25, -0.2) is 4.85 Å². The molecule has 0 atom stereocenters. The number of fused-ring (bicyclic) bond motifs is 5. The van der Waals surface area contributed by atoms with E-state index in [1.807, 2.05) is 48.5 Å². The molecule has 0 bridgehead atoms. The Labute approximate surface area is 254 Å². The summed E-state index contributed by atoms with van der Waals surface area (Å²) in [7, 11) is 0. The van der Waals surface area contributed by atoms with Crippen molar-refractivity contribution in [2.45, 2.75) is 0 Å². The van der Waals surface area contributed by atoms with E-state index in [1.165, 1.54) is 16.2 Å². The van der Waals surface area contributed by atoms with Crippen LogP contribution in [0.15, 0.2) is 146 Å². The average molecular weight is 561 g/mol. The molecule has 0 saturated heterocycles. The first kappa shape index (κ1) is 25.4. The predicted molar refractivity (Wildman–Crippen MR) is 179 cm³/mol. The molecule has 0 aliphatic carbocycles. The number of benzene rings is 6. The molecule has 0 radical (unpaired) electrons. The molecule has 204 valence electrons. The van der Waals surface area contributed by atoms with Gasteiger partial charge in [-0.05, 0) is 47.5 Å². The van der Waals surface area contributed by atoms with Crippen LogP contribution in [-0.4, -0.2) is 9.13 Å². The van der Waals surface area contributed by atoms with Crippen molar-refractivity contribution in [1.82, 2.24) is 9.13 Å². The fourth-order valence-electron chi connectivity index (χ4n) is 6.45. The van der Waals surface area contributed by atoms with Crippen LogP contribution in [0, 0.1) is 17.9 Å². The van der Waals surface area contributed by atoms with Gasteiger partial charge in [0, 0.05) is 27.3 Å². The summed E-state index contributed by atoms with van der Waals surface area (Å²) in [4.78, 5) is 3.60. The van der Waals surface area contributed by atoms with Crippen LogP contribution >= 0.6 is 0 Å². The second-order valence-corrected chi connectivity index (χ2v) is 10.8. The minimum Gasteiger partial charge on any atom is -0.294 e. The largest absolute Gasteiger partial charge is 0.294 e. The first-order chi connectivity index (χ1) is 21.8. The molecule has 0 aliphatic heterocycles. The zero-order chi connectivity index (χ0) is 29.6. The molecule has 8 aromatic rings. The highest BCUT2D eigenvalue weighted by Crippen LogP contribution is 2.43. The van der Waals surface area contributed by atoms with Gasteiger partial charge in [-0.2, -0.15) is 5.26 Å². The molecule has 4 heteroatoms. The molecular weight excluding hydrogens is 536 g/mol. The third kappa shape index (κ3) is 3.83. The van der Waals surface area contributed by atoms with E-state index in [9.17, 15) is 5.26 Å².